The molecule has 1 aromatic rings. The van der Waals surface area contributed by atoms with Crippen LogP contribution in [0.5, 0.6) is 5.75 Å². The summed E-state index contributed by atoms with van der Waals surface area (Å²) >= 11 is 3.23. The molecule has 1 atom stereocenters. The lowest BCUT2D eigenvalue weighted by atomic mass is 9.91. The second-order valence-electron chi connectivity index (χ2n) is 7.05. The molecule has 7 heteroatoms. The van der Waals surface area contributed by atoms with Crippen LogP contribution in [-0.2, 0) is 9.53 Å². The van der Waals surface area contributed by atoms with Crippen LogP contribution in [0.4, 0.5) is 0 Å². The second-order valence-corrected chi connectivity index (χ2v) is 9.43. The summed E-state index contributed by atoms with van der Waals surface area (Å²) < 4.78 is 10.7. The van der Waals surface area contributed by atoms with E-state index in [1.807, 2.05) is 25.1 Å². The Kier molecular flexibility index (Phi) is 10.9. The van der Waals surface area contributed by atoms with E-state index in [2.05, 4.69) is 23.9 Å². The Hall–Kier alpha value is -1.86. The van der Waals surface area contributed by atoms with Gasteiger partial charge in [0.05, 0.1) is 24.3 Å². The van der Waals surface area contributed by atoms with Crippen LogP contribution in [0.2, 0.25) is 0 Å². The van der Waals surface area contributed by atoms with Gasteiger partial charge in [-0.25, -0.2) is 4.79 Å². The highest BCUT2D eigenvalue weighted by molar-refractivity contribution is 8.18. The first-order valence-electron chi connectivity index (χ1n) is 10.2. The summed E-state index contributed by atoms with van der Waals surface area (Å²) in [7, 11) is 1.65. The third-order valence-corrected chi connectivity index (χ3v) is 7.24. The van der Waals surface area contributed by atoms with Gasteiger partial charge in [0.2, 0.25) is 0 Å². The number of allylic oxidation sites excluding steroid dienone is 1. The first-order chi connectivity index (χ1) is 14.6. The minimum Gasteiger partial charge on any atom is -0.497 e. The summed E-state index contributed by atoms with van der Waals surface area (Å²) in [6.45, 7) is 6.13. The van der Waals surface area contributed by atoms with Crippen molar-refractivity contribution >= 4 is 35.2 Å². The number of esters is 1. The van der Waals surface area contributed by atoms with Crippen molar-refractivity contribution in [2.45, 2.75) is 44.9 Å². The first-order valence-corrected chi connectivity index (χ1v) is 12.3. The molecule has 1 unspecified atom stereocenters. The quantitative estimate of drug-likeness (QED) is 0.0690. The Balaban J connectivity index is 2.24. The fourth-order valence-electron chi connectivity index (χ4n) is 3.37. The minimum atomic E-state index is -0.267. The van der Waals surface area contributed by atoms with Crippen LogP contribution < -0.4 is 4.74 Å². The van der Waals surface area contributed by atoms with Gasteiger partial charge in [-0.1, -0.05) is 30.3 Å². The van der Waals surface area contributed by atoms with E-state index in [4.69, 9.17) is 9.47 Å². The number of oxime groups is 1. The van der Waals surface area contributed by atoms with Crippen molar-refractivity contribution in [3.8, 4) is 5.75 Å². The van der Waals surface area contributed by atoms with Crippen molar-refractivity contribution < 1.29 is 19.5 Å². The van der Waals surface area contributed by atoms with Crippen molar-refractivity contribution in [1.29, 1.82) is 0 Å². The summed E-state index contributed by atoms with van der Waals surface area (Å²) in [5.41, 5.74) is 2.88. The molecule has 5 nitrogen and oxygen atoms in total. The van der Waals surface area contributed by atoms with E-state index in [-0.39, 0.29) is 11.9 Å². The zero-order valence-corrected chi connectivity index (χ0v) is 19.4. The average Bonchev–Trinajstić information content (AvgIpc) is 3.00. The van der Waals surface area contributed by atoms with Crippen molar-refractivity contribution in [3.63, 3.8) is 0 Å². The zero-order chi connectivity index (χ0) is 21.8. The molecule has 0 aliphatic heterocycles. The zero-order valence-electron chi connectivity index (χ0n) is 17.8. The molecule has 0 heterocycles. The lowest BCUT2D eigenvalue weighted by molar-refractivity contribution is -0.138. The number of carbonyl (C=O) groups is 1. The van der Waals surface area contributed by atoms with Gasteiger partial charge in [0.15, 0.2) is 0 Å². The molecule has 0 spiro atoms. The van der Waals surface area contributed by atoms with Crippen LogP contribution in [0.15, 0.2) is 52.6 Å². The maximum Gasteiger partial charge on any atom is 0.344 e. The molecular weight excluding hydrogens is 418 g/mol. The standard InChI is InChI=1S/C23H31NO4S2/c1-4-12-28-23(25)22(30-16-29-13-5-2)19-7-6-18(14-20(15-19)24-26)17-8-10-21(27-3)11-9-17/h5,8-11,18,26H,2,4,6-7,12-16H2,1,3H3/b22-19-,24-20+. The summed E-state index contributed by atoms with van der Waals surface area (Å²) in [6, 6.07) is 8.02. The predicted octanol–water partition coefficient (Wildman–Crippen LogP) is 6.00. The van der Waals surface area contributed by atoms with Crippen molar-refractivity contribution in [2.24, 2.45) is 5.16 Å². The smallest absolute Gasteiger partial charge is 0.344 e. The number of rotatable bonds is 10. The lowest BCUT2D eigenvalue weighted by Gasteiger charge is -2.15. The molecule has 0 radical (unpaired) electrons. The van der Waals surface area contributed by atoms with E-state index in [9.17, 15) is 10.0 Å². The highest BCUT2D eigenvalue weighted by atomic mass is 32.2. The maximum atomic E-state index is 12.7. The SMILES string of the molecule is C=CCSCS/C(C(=O)OCCC)=C1/CCC(c2ccc(OC)cc2)C/C(=N\O)C1. The molecular formula is C23H31NO4S2. The lowest BCUT2D eigenvalue weighted by Crippen LogP contribution is -2.11. The normalized spacial score (nSPS) is 19.8. The van der Waals surface area contributed by atoms with Crippen LogP contribution in [0, 0.1) is 0 Å². The van der Waals surface area contributed by atoms with Gasteiger partial charge in [-0.2, -0.15) is 0 Å². The number of methoxy groups -OCH3 is 1. The highest BCUT2D eigenvalue weighted by Crippen LogP contribution is 2.37. The van der Waals surface area contributed by atoms with Gasteiger partial charge in [-0.3, -0.25) is 0 Å². The Morgan fingerprint density at radius 1 is 1.37 bits per heavy atom. The number of hydrogen-bond donors (Lipinski definition) is 1. The van der Waals surface area contributed by atoms with E-state index in [1.165, 1.54) is 17.3 Å². The van der Waals surface area contributed by atoms with Crippen LogP contribution >= 0.6 is 23.5 Å². The van der Waals surface area contributed by atoms with E-state index >= 15 is 0 Å². The predicted molar refractivity (Wildman–Crippen MR) is 127 cm³/mol. The number of carbonyl (C=O) groups excluding carboxylic acids is 1. The van der Waals surface area contributed by atoms with Gasteiger partial charge < -0.3 is 14.7 Å². The molecule has 0 bridgehead atoms. The molecule has 1 saturated carbocycles. The Labute approximate surface area is 188 Å². The Morgan fingerprint density at radius 3 is 2.77 bits per heavy atom. The van der Waals surface area contributed by atoms with Crippen molar-refractivity contribution in [1.82, 2.24) is 0 Å². The van der Waals surface area contributed by atoms with Crippen LogP contribution in [-0.4, -0.2) is 41.4 Å². The van der Waals surface area contributed by atoms with Crippen LogP contribution in [0.25, 0.3) is 0 Å². The van der Waals surface area contributed by atoms with Crippen molar-refractivity contribution in [3.05, 3.63) is 53.0 Å². The minimum absolute atomic E-state index is 0.229. The summed E-state index contributed by atoms with van der Waals surface area (Å²) in [5.74, 6) is 1.62. The topological polar surface area (TPSA) is 68.1 Å². The molecule has 1 fully saturated rings. The Bertz CT molecular complexity index is 759. The van der Waals surface area contributed by atoms with E-state index in [0.29, 0.717) is 30.1 Å². The third-order valence-electron chi connectivity index (χ3n) is 4.89. The molecule has 30 heavy (non-hydrogen) atoms. The molecule has 0 amide bonds. The van der Waals surface area contributed by atoms with Crippen molar-refractivity contribution in [2.75, 3.05) is 24.6 Å². The van der Waals surface area contributed by atoms with Gasteiger partial charge in [-0.15, -0.1) is 30.1 Å². The molecule has 164 valence electrons. The third kappa shape index (κ3) is 7.43. The molecule has 1 aliphatic carbocycles. The summed E-state index contributed by atoms with van der Waals surface area (Å²) in [5, 5.41) is 13.9. The molecule has 1 aliphatic rings. The maximum absolute atomic E-state index is 12.7. The highest BCUT2D eigenvalue weighted by Gasteiger charge is 2.26. The van der Waals surface area contributed by atoms with Crippen LogP contribution in [0.3, 0.4) is 0 Å². The van der Waals surface area contributed by atoms with E-state index in [1.54, 1.807) is 18.9 Å². The fourth-order valence-corrected chi connectivity index (χ4v) is 5.28. The van der Waals surface area contributed by atoms with Gasteiger partial charge in [0.25, 0.3) is 0 Å². The summed E-state index contributed by atoms with van der Waals surface area (Å²) in [4.78, 5) is 13.4. The number of nitrogens with zero attached hydrogens (tertiary/aromatic N) is 1. The first kappa shape index (κ1) is 24.4. The number of thioether (sulfide) groups is 2. The van der Waals surface area contributed by atoms with E-state index in [0.717, 1.165) is 41.4 Å². The second kappa shape index (κ2) is 13.4. The van der Waals surface area contributed by atoms with Gasteiger partial charge in [-0.05, 0) is 54.9 Å². The van der Waals surface area contributed by atoms with Gasteiger partial charge in [0, 0.05) is 17.3 Å². The average molecular weight is 450 g/mol. The molecule has 2 rings (SSSR count). The molecule has 0 aromatic heterocycles. The molecule has 0 saturated heterocycles. The monoisotopic (exact) mass is 449 g/mol. The van der Waals surface area contributed by atoms with Gasteiger partial charge >= 0.3 is 5.97 Å². The van der Waals surface area contributed by atoms with Crippen LogP contribution in [0.1, 0.15) is 50.5 Å². The largest absolute Gasteiger partial charge is 0.497 e. The summed E-state index contributed by atoms with van der Waals surface area (Å²) in [6.07, 6.45) is 5.46. The van der Waals surface area contributed by atoms with E-state index < -0.39 is 0 Å². The number of hydrogen-bond acceptors (Lipinski definition) is 7. The molecule has 1 aromatic carbocycles. The number of ether oxygens (including phenoxy) is 2. The number of benzene rings is 1. The fraction of sp³-hybridized carbons (Fsp3) is 0.478. The molecule has 1 N–H and O–H groups in total. The Morgan fingerprint density at radius 2 is 2.13 bits per heavy atom. The van der Waals surface area contributed by atoms with Gasteiger partial charge in [0.1, 0.15) is 5.75 Å².